The monoisotopic (exact) mass is 254 g/mol. The molecular formula is C14H19FOS. The lowest BCUT2D eigenvalue weighted by Crippen LogP contribution is -2.06. The van der Waals surface area contributed by atoms with Crippen LogP contribution in [0.25, 0.3) is 0 Å². The Hall–Kier alpha value is -0.540. The van der Waals surface area contributed by atoms with Crippen molar-refractivity contribution in [1.29, 1.82) is 0 Å². The van der Waals surface area contributed by atoms with E-state index >= 15 is 0 Å². The number of aliphatic hydroxyl groups excluding tert-OH is 1. The quantitative estimate of drug-likeness (QED) is 0.881. The smallest absolute Gasteiger partial charge is 0.123 e. The number of aryl methyl sites for hydroxylation is 1. The van der Waals surface area contributed by atoms with Gasteiger partial charge in [-0.1, -0.05) is 18.9 Å². The number of halogens is 1. The first kappa shape index (κ1) is 12.9. The lowest BCUT2D eigenvalue weighted by Gasteiger charge is -2.16. The van der Waals surface area contributed by atoms with Gasteiger partial charge in [0.2, 0.25) is 0 Å². The zero-order valence-corrected chi connectivity index (χ0v) is 11.0. The second kappa shape index (κ2) is 5.87. The van der Waals surface area contributed by atoms with E-state index in [1.807, 2.05) is 18.7 Å². The highest BCUT2D eigenvalue weighted by Gasteiger charge is 2.18. The molecule has 1 unspecified atom stereocenters. The molecule has 0 heterocycles. The molecule has 0 radical (unpaired) electrons. The summed E-state index contributed by atoms with van der Waals surface area (Å²) in [7, 11) is 0. The molecule has 1 aliphatic carbocycles. The van der Waals surface area contributed by atoms with E-state index in [0.717, 1.165) is 11.1 Å². The zero-order chi connectivity index (χ0) is 12.3. The molecule has 17 heavy (non-hydrogen) atoms. The molecule has 0 aliphatic heterocycles. The van der Waals surface area contributed by atoms with Crippen LogP contribution in [0.15, 0.2) is 18.2 Å². The summed E-state index contributed by atoms with van der Waals surface area (Å²) < 4.78 is 13.1. The van der Waals surface area contributed by atoms with E-state index in [1.165, 1.54) is 37.8 Å². The molecule has 1 aromatic rings. The topological polar surface area (TPSA) is 20.2 Å². The molecule has 1 fully saturated rings. The fourth-order valence-corrected chi connectivity index (χ4v) is 3.64. The van der Waals surface area contributed by atoms with Gasteiger partial charge in [0.25, 0.3) is 0 Å². The lowest BCUT2D eigenvalue weighted by atomic mass is 10.0. The second-order valence-electron chi connectivity index (χ2n) is 4.76. The van der Waals surface area contributed by atoms with Gasteiger partial charge >= 0.3 is 0 Å². The van der Waals surface area contributed by atoms with Gasteiger partial charge in [0.15, 0.2) is 0 Å². The molecule has 1 saturated carbocycles. The molecule has 0 bridgehead atoms. The number of thioether (sulfide) groups is 1. The highest BCUT2D eigenvalue weighted by Crippen LogP contribution is 2.32. The van der Waals surface area contributed by atoms with Crippen LogP contribution in [0.1, 0.15) is 42.9 Å². The van der Waals surface area contributed by atoms with Crippen LogP contribution >= 0.6 is 11.8 Å². The fraction of sp³-hybridized carbons (Fsp3) is 0.571. The number of aliphatic hydroxyl groups is 1. The maximum atomic E-state index is 13.1. The van der Waals surface area contributed by atoms with Gasteiger partial charge in [0.1, 0.15) is 5.82 Å². The van der Waals surface area contributed by atoms with Crippen LogP contribution in [0.5, 0.6) is 0 Å². The summed E-state index contributed by atoms with van der Waals surface area (Å²) in [6.45, 7) is 1.91. The van der Waals surface area contributed by atoms with Gasteiger partial charge in [0.05, 0.1) is 6.10 Å². The van der Waals surface area contributed by atoms with Crippen LogP contribution in [0, 0.1) is 12.7 Å². The molecule has 0 spiro atoms. The minimum Gasteiger partial charge on any atom is -0.388 e. The van der Waals surface area contributed by atoms with Crippen LogP contribution in [-0.2, 0) is 0 Å². The summed E-state index contributed by atoms with van der Waals surface area (Å²) in [5.74, 6) is 0.408. The second-order valence-corrected chi connectivity index (χ2v) is 6.09. The Morgan fingerprint density at radius 1 is 1.41 bits per heavy atom. The Kier molecular flexibility index (Phi) is 4.46. The van der Waals surface area contributed by atoms with Crippen molar-refractivity contribution in [1.82, 2.24) is 0 Å². The third kappa shape index (κ3) is 3.46. The van der Waals surface area contributed by atoms with Gasteiger partial charge < -0.3 is 5.11 Å². The standard InChI is InChI=1S/C14H19FOS/c1-10-6-7-11(15)8-13(10)14(16)9-17-12-4-2-3-5-12/h6-8,12,14,16H,2-5,9H2,1H3. The molecule has 3 heteroatoms. The molecular weight excluding hydrogens is 235 g/mol. The maximum absolute atomic E-state index is 13.1. The molecule has 1 nitrogen and oxygen atoms in total. The molecule has 0 saturated heterocycles. The number of hydrogen-bond acceptors (Lipinski definition) is 2. The summed E-state index contributed by atoms with van der Waals surface area (Å²) in [5.41, 5.74) is 1.70. The Labute approximate surface area is 106 Å². The van der Waals surface area contributed by atoms with Crippen LogP contribution < -0.4 is 0 Å². The molecule has 0 aromatic heterocycles. The molecule has 94 valence electrons. The van der Waals surface area contributed by atoms with Crippen molar-refractivity contribution in [2.24, 2.45) is 0 Å². The minimum absolute atomic E-state index is 0.268. The summed E-state index contributed by atoms with van der Waals surface area (Å²) in [4.78, 5) is 0. The number of hydrogen-bond donors (Lipinski definition) is 1. The van der Waals surface area contributed by atoms with Gasteiger partial charge in [-0.15, -0.1) is 0 Å². The average molecular weight is 254 g/mol. The van der Waals surface area contributed by atoms with Crippen LogP contribution in [0.2, 0.25) is 0 Å². The van der Waals surface area contributed by atoms with Crippen molar-refractivity contribution in [2.45, 2.75) is 44.0 Å². The van der Waals surface area contributed by atoms with E-state index in [1.54, 1.807) is 6.07 Å². The molecule has 1 atom stereocenters. The molecule has 0 amide bonds. The summed E-state index contributed by atoms with van der Waals surface area (Å²) in [6.07, 6.45) is 4.61. The Bertz CT molecular complexity index is 374. The fourth-order valence-electron chi connectivity index (χ4n) is 2.34. The van der Waals surface area contributed by atoms with Gasteiger partial charge in [0, 0.05) is 11.0 Å². The van der Waals surface area contributed by atoms with E-state index in [2.05, 4.69) is 0 Å². The third-order valence-electron chi connectivity index (χ3n) is 3.39. The van der Waals surface area contributed by atoms with Crippen molar-refractivity contribution < 1.29 is 9.50 Å². The Morgan fingerprint density at radius 3 is 2.82 bits per heavy atom. The Morgan fingerprint density at radius 2 is 2.12 bits per heavy atom. The van der Waals surface area contributed by atoms with Crippen LogP contribution in [-0.4, -0.2) is 16.1 Å². The van der Waals surface area contributed by atoms with Crippen LogP contribution in [0.4, 0.5) is 4.39 Å². The number of rotatable bonds is 4. The van der Waals surface area contributed by atoms with Gasteiger partial charge in [-0.25, -0.2) is 4.39 Å². The van der Waals surface area contributed by atoms with Crippen molar-refractivity contribution in [3.63, 3.8) is 0 Å². The van der Waals surface area contributed by atoms with E-state index in [9.17, 15) is 9.50 Å². The minimum atomic E-state index is -0.545. The van der Waals surface area contributed by atoms with E-state index < -0.39 is 6.10 Å². The SMILES string of the molecule is Cc1ccc(F)cc1C(O)CSC1CCCC1. The summed E-state index contributed by atoms with van der Waals surface area (Å²) in [6, 6.07) is 4.62. The van der Waals surface area contributed by atoms with Crippen molar-refractivity contribution >= 4 is 11.8 Å². The highest BCUT2D eigenvalue weighted by molar-refractivity contribution is 7.99. The lowest BCUT2D eigenvalue weighted by molar-refractivity contribution is 0.202. The van der Waals surface area contributed by atoms with Crippen molar-refractivity contribution in [3.8, 4) is 0 Å². The van der Waals surface area contributed by atoms with Crippen molar-refractivity contribution in [3.05, 3.63) is 35.1 Å². The van der Waals surface area contributed by atoms with Gasteiger partial charge in [-0.2, -0.15) is 11.8 Å². The van der Waals surface area contributed by atoms with E-state index in [-0.39, 0.29) is 5.82 Å². The predicted molar refractivity (Wildman–Crippen MR) is 70.8 cm³/mol. The Balaban J connectivity index is 1.93. The summed E-state index contributed by atoms with van der Waals surface area (Å²) >= 11 is 1.83. The first-order valence-corrected chi connectivity index (χ1v) is 7.27. The van der Waals surface area contributed by atoms with E-state index in [0.29, 0.717) is 11.0 Å². The highest BCUT2D eigenvalue weighted by atomic mass is 32.2. The average Bonchev–Trinajstić information content (AvgIpc) is 2.82. The maximum Gasteiger partial charge on any atom is 0.123 e. The molecule has 1 aliphatic rings. The van der Waals surface area contributed by atoms with Crippen molar-refractivity contribution in [2.75, 3.05) is 5.75 Å². The molecule has 1 N–H and O–H groups in total. The molecule has 2 rings (SSSR count). The van der Waals surface area contributed by atoms with Gasteiger partial charge in [-0.05, 0) is 43.0 Å². The first-order chi connectivity index (χ1) is 8.16. The number of benzene rings is 1. The normalized spacial score (nSPS) is 18.5. The first-order valence-electron chi connectivity index (χ1n) is 6.22. The van der Waals surface area contributed by atoms with E-state index in [4.69, 9.17) is 0 Å². The largest absolute Gasteiger partial charge is 0.388 e. The predicted octanol–water partition coefficient (Wildman–Crippen LogP) is 3.84. The third-order valence-corrected chi connectivity index (χ3v) is 4.84. The molecule has 1 aromatic carbocycles. The van der Waals surface area contributed by atoms with Gasteiger partial charge in [-0.3, -0.25) is 0 Å². The summed E-state index contributed by atoms with van der Waals surface area (Å²) in [5, 5.41) is 10.8. The zero-order valence-electron chi connectivity index (χ0n) is 10.2. The van der Waals surface area contributed by atoms with Crippen LogP contribution in [0.3, 0.4) is 0 Å².